The molecule has 8 heteroatoms. The van der Waals surface area contributed by atoms with Gasteiger partial charge >= 0.3 is 5.97 Å². The minimum Gasteiger partial charge on any atom is -0.465 e. The first-order valence-corrected chi connectivity index (χ1v) is 5.72. The van der Waals surface area contributed by atoms with Crippen molar-refractivity contribution in [1.82, 2.24) is 4.98 Å². The fraction of sp³-hybridized carbons (Fsp3) is 0.333. The second kappa shape index (κ2) is 6.04. The molecule has 0 fully saturated rings. The van der Waals surface area contributed by atoms with Crippen molar-refractivity contribution in [2.45, 2.75) is 11.9 Å². The van der Waals surface area contributed by atoms with Crippen molar-refractivity contribution in [3.05, 3.63) is 22.2 Å². The molecule has 0 atom stereocenters. The van der Waals surface area contributed by atoms with Crippen molar-refractivity contribution in [3.63, 3.8) is 0 Å². The summed E-state index contributed by atoms with van der Waals surface area (Å²) in [6, 6.07) is 2.43. The average molecular weight is 257 g/mol. The highest BCUT2D eigenvalue weighted by Crippen LogP contribution is 2.23. The molecule has 0 amide bonds. The van der Waals surface area contributed by atoms with Gasteiger partial charge in [-0.05, 0) is 6.92 Å². The van der Waals surface area contributed by atoms with Gasteiger partial charge < -0.3 is 10.5 Å². The molecule has 0 radical (unpaired) electrons. The Labute approximate surface area is 102 Å². The molecule has 2 N–H and O–H groups in total. The third-order valence-electron chi connectivity index (χ3n) is 1.66. The van der Waals surface area contributed by atoms with Crippen LogP contribution in [0.2, 0.25) is 0 Å². The number of carbonyl (C=O) groups is 1. The number of ether oxygens (including phenoxy) is 1. The molecule has 0 aromatic carbocycles. The number of nitrogens with two attached hydrogens (primary N) is 1. The minimum absolute atomic E-state index is 0.0431. The number of hydrogen-bond donors (Lipinski definition) is 1. The normalized spacial score (nSPS) is 9.94. The second-order valence-corrected chi connectivity index (χ2v) is 3.93. The van der Waals surface area contributed by atoms with Crippen molar-refractivity contribution in [2.24, 2.45) is 0 Å². The van der Waals surface area contributed by atoms with E-state index in [2.05, 4.69) is 4.98 Å². The predicted octanol–water partition coefficient (Wildman–Crippen LogP) is 1.23. The largest absolute Gasteiger partial charge is 0.465 e. The molecule has 0 spiro atoms. The minimum atomic E-state index is -0.563. The summed E-state index contributed by atoms with van der Waals surface area (Å²) in [6.45, 7) is 2.00. The van der Waals surface area contributed by atoms with Crippen molar-refractivity contribution >= 4 is 29.2 Å². The fourth-order valence-corrected chi connectivity index (χ4v) is 1.75. The van der Waals surface area contributed by atoms with Gasteiger partial charge in [-0.15, -0.1) is 0 Å². The standard InChI is InChI=1S/C9H11N3O4S/c1-2-16-9(13)5-17-8-4-6(12(14)15)3-7(10)11-8/h3-4H,2,5H2,1H3,(H2,10,11). The predicted molar refractivity (Wildman–Crippen MR) is 62.7 cm³/mol. The zero-order chi connectivity index (χ0) is 12.8. The van der Waals surface area contributed by atoms with Crippen molar-refractivity contribution in [2.75, 3.05) is 18.1 Å². The van der Waals surface area contributed by atoms with Crippen LogP contribution in [0.4, 0.5) is 11.5 Å². The van der Waals surface area contributed by atoms with Crippen molar-refractivity contribution < 1.29 is 14.5 Å². The van der Waals surface area contributed by atoms with Gasteiger partial charge in [-0.25, -0.2) is 4.98 Å². The number of esters is 1. The molecule has 1 rings (SSSR count). The molecule has 0 unspecified atom stereocenters. The SMILES string of the molecule is CCOC(=O)CSc1cc([N+](=O)[O-])cc(N)n1. The van der Waals surface area contributed by atoms with E-state index in [1.165, 1.54) is 6.07 Å². The van der Waals surface area contributed by atoms with Gasteiger partial charge in [0.05, 0.1) is 23.3 Å². The molecule has 1 aromatic rings. The van der Waals surface area contributed by atoms with Crippen molar-refractivity contribution in [3.8, 4) is 0 Å². The highest BCUT2D eigenvalue weighted by atomic mass is 32.2. The first kappa shape index (κ1) is 13.2. The number of nitrogen functional groups attached to an aromatic ring is 1. The van der Waals surface area contributed by atoms with Gasteiger partial charge in [0.1, 0.15) is 10.8 Å². The summed E-state index contributed by atoms with van der Waals surface area (Å²) < 4.78 is 4.72. The van der Waals surface area contributed by atoms with Crippen LogP contribution in [0.5, 0.6) is 0 Å². The van der Waals surface area contributed by atoms with Crippen LogP contribution in [0.3, 0.4) is 0 Å². The molecule has 0 bridgehead atoms. The summed E-state index contributed by atoms with van der Waals surface area (Å²) in [7, 11) is 0. The van der Waals surface area contributed by atoms with E-state index in [0.717, 1.165) is 17.8 Å². The molecular formula is C9H11N3O4S. The number of nitrogens with zero attached hydrogens (tertiary/aromatic N) is 2. The number of rotatable bonds is 5. The van der Waals surface area contributed by atoms with Crippen LogP contribution in [0.1, 0.15) is 6.92 Å². The van der Waals surface area contributed by atoms with Crippen LogP contribution in [-0.2, 0) is 9.53 Å². The Morgan fingerprint density at radius 2 is 2.35 bits per heavy atom. The Bertz CT molecular complexity index is 438. The monoisotopic (exact) mass is 257 g/mol. The smallest absolute Gasteiger partial charge is 0.316 e. The summed E-state index contributed by atoms with van der Waals surface area (Å²) >= 11 is 1.04. The van der Waals surface area contributed by atoms with E-state index in [0.29, 0.717) is 11.6 Å². The summed E-state index contributed by atoms with van der Waals surface area (Å²) in [4.78, 5) is 25.0. The highest BCUT2D eigenvalue weighted by molar-refractivity contribution is 7.99. The molecule has 0 aliphatic carbocycles. The lowest BCUT2D eigenvalue weighted by atomic mass is 10.4. The van der Waals surface area contributed by atoms with Gasteiger partial charge in [0.2, 0.25) is 0 Å². The maximum atomic E-state index is 11.1. The number of pyridine rings is 1. The topological polar surface area (TPSA) is 108 Å². The number of thioether (sulfide) groups is 1. The van der Waals surface area contributed by atoms with Gasteiger partial charge in [-0.2, -0.15) is 0 Å². The zero-order valence-corrected chi connectivity index (χ0v) is 9.90. The van der Waals surface area contributed by atoms with Gasteiger partial charge in [-0.1, -0.05) is 11.8 Å². The molecule has 7 nitrogen and oxygen atoms in total. The molecule has 0 aliphatic heterocycles. The molecule has 0 saturated carbocycles. The number of nitro groups is 1. The summed E-state index contributed by atoms with van der Waals surface area (Å²) in [5.41, 5.74) is 5.27. The number of hydrogen-bond acceptors (Lipinski definition) is 7. The number of carbonyl (C=O) groups excluding carboxylic acids is 1. The molecule has 92 valence electrons. The van der Waals surface area contributed by atoms with E-state index in [-0.39, 0.29) is 17.3 Å². The Balaban J connectivity index is 2.71. The second-order valence-electron chi connectivity index (χ2n) is 2.94. The lowest BCUT2D eigenvalue weighted by molar-refractivity contribution is -0.385. The summed E-state index contributed by atoms with van der Waals surface area (Å²) in [5, 5.41) is 10.9. The van der Waals surface area contributed by atoms with Crippen LogP contribution in [0.15, 0.2) is 17.2 Å². The summed E-state index contributed by atoms with van der Waals surface area (Å²) in [6.07, 6.45) is 0. The van der Waals surface area contributed by atoms with E-state index < -0.39 is 10.9 Å². The Kier molecular flexibility index (Phi) is 4.70. The van der Waals surface area contributed by atoms with E-state index in [1.54, 1.807) is 6.92 Å². The first-order valence-electron chi connectivity index (χ1n) is 4.73. The maximum absolute atomic E-state index is 11.1. The quantitative estimate of drug-likeness (QED) is 0.365. The van der Waals surface area contributed by atoms with Gasteiger partial charge in [0.25, 0.3) is 5.69 Å². The van der Waals surface area contributed by atoms with Crippen LogP contribution >= 0.6 is 11.8 Å². The molecular weight excluding hydrogens is 246 g/mol. The fourth-order valence-electron chi connectivity index (χ4n) is 1.03. The van der Waals surface area contributed by atoms with E-state index in [4.69, 9.17) is 10.5 Å². The summed E-state index contributed by atoms with van der Waals surface area (Å²) in [5.74, 6) is -0.309. The Morgan fingerprint density at radius 1 is 1.65 bits per heavy atom. The molecule has 0 saturated heterocycles. The maximum Gasteiger partial charge on any atom is 0.316 e. The van der Waals surface area contributed by atoms with Gasteiger partial charge in [-0.3, -0.25) is 14.9 Å². The van der Waals surface area contributed by atoms with Crippen LogP contribution in [0.25, 0.3) is 0 Å². The lowest BCUT2D eigenvalue weighted by Gasteiger charge is -2.02. The highest BCUT2D eigenvalue weighted by Gasteiger charge is 2.11. The van der Waals surface area contributed by atoms with E-state index in [1.807, 2.05) is 0 Å². The van der Waals surface area contributed by atoms with E-state index in [9.17, 15) is 14.9 Å². The van der Waals surface area contributed by atoms with Gasteiger partial charge in [0, 0.05) is 6.07 Å². The van der Waals surface area contributed by atoms with Crippen molar-refractivity contribution in [1.29, 1.82) is 0 Å². The zero-order valence-electron chi connectivity index (χ0n) is 9.08. The molecule has 1 aromatic heterocycles. The average Bonchev–Trinajstić information content (AvgIpc) is 2.26. The van der Waals surface area contributed by atoms with Gasteiger partial charge in [0.15, 0.2) is 0 Å². The van der Waals surface area contributed by atoms with Crippen LogP contribution < -0.4 is 5.73 Å². The number of anilines is 1. The van der Waals surface area contributed by atoms with Crippen LogP contribution in [-0.4, -0.2) is 28.2 Å². The van der Waals surface area contributed by atoms with Crippen LogP contribution in [0, 0.1) is 10.1 Å². The lowest BCUT2D eigenvalue weighted by Crippen LogP contribution is -2.07. The number of aromatic nitrogens is 1. The Hall–Kier alpha value is -1.83. The third kappa shape index (κ3) is 4.27. The Morgan fingerprint density at radius 3 is 2.94 bits per heavy atom. The van der Waals surface area contributed by atoms with E-state index >= 15 is 0 Å². The molecule has 0 aliphatic rings. The third-order valence-corrected chi connectivity index (χ3v) is 2.55. The molecule has 1 heterocycles. The molecule has 17 heavy (non-hydrogen) atoms. The first-order chi connectivity index (χ1) is 8.02.